The Hall–Kier alpha value is -1.44. The highest BCUT2D eigenvalue weighted by Crippen LogP contribution is 2.28. The third-order valence-electron chi connectivity index (χ3n) is 3.58. The van der Waals surface area contributed by atoms with Crippen molar-refractivity contribution in [3.63, 3.8) is 0 Å². The van der Waals surface area contributed by atoms with Gasteiger partial charge in [-0.15, -0.1) is 0 Å². The first-order valence-corrected chi connectivity index (χ1v) is 7.06. The molecular formula is C13H23N5O2. The third kappa shape index (κ3) is 3.78. The van der Waals surface area contributed by atoms with Crippen LogP contribution in [0.25, 0.3) is 0 Å². The largest absolute Gasteiger partial charge is 0.396 e. The fourth-order valence-corrected chi connectivity index (χ4v) is 2.54. The van der Waals surface area contributed by atoms with Crippen molar-refractivity contribution in [2.45, 2.75) is 38.8 Å². The van der Waals surface area contributed by atoms with E-state index in [9.17, 15) is 5.11 Å². The number of aliphatic hydroxyl groups is 1. The van der Waals surface area contributed by atoms with E-state index in [0.29, 0.717) is 30.7 Å². The molecule has 0 radical (unpaired) electrons. The molecule has 2 atom stereocenters. The van der Waals surface area contributed by atoms with Crippen molar-refractivity contribution in [3.05, 3.63) is 11.9 Å². The molecule has 1 aromatic rings. The molecule has 2 rings (SSSR count). The van der Waals surface area contributed by atoms with E-state index in [1.165, 1.54) is 0 Å². The molecule has 2 unspecified atom stereocenters. The zero-order valence-electron chi connectivity index (χ0n) is 11.8. The molecule has 7 nitrogen and oxygen atoms in total. The molecule has 0 spiro atoms. The number of nitrogens with two attached hydrogens (primary N) is 1. The van der Waals surface area contributed by atoms with Crippen LogP contribution >= 0.6 is 0 Å². The zero-order valence-corrected chi connectivity index (χ0v) is 11.8. The molecule has 0 saturated heterocycles. The Bertz CT molecular complexity index is 429. The lowest BCUT2D eigenvalue weighted by molar-refractivity contribution is 0.128. The summed E-state index contributed by atoms with van der Waals surface area (Å²) in [6.45, 7) is 3.10. The molecule has 1 heterocycles. The van der Waals surface area contributed by atoms with Gasteiger partial charge in [0, 0.05) is 31.2 Å². The van der Waals surface area contributed by atoms with Crippen LogP contribution in [0.1, 0.15) is 32.0 Å². The van der Waals surface area contributed by atoms with E-state index >= 15 is 0 Å². The van der Waals surface area contributed by atoms with E-state index in [0.717, 1.165) is 19.3 Å². The maximum Gasteiger partial charge on any atom is 0.158 e. The van der Waals surface area contributed by atoms with Gasteiger partial charge in [0.25, 0.3) is 0 Å². The van der Waals surface area contributed by atoms with Gasteiger partial charge in [-0.1, -0.05) is 6.42 Å². The molecule has 0 bridgehead atoms. The van der Waals surface area contributed by atoms with Gasteiger partial charge < -0.3 is 20.6 Å². The predicted molar refractivity (Wildman–Crippen MR) is 77.0 cm³/mol. The summed E-state index contributed by atoms with van der Waals surface area (Å²) >= 11 is 0. The smallest absolute Gasteiger partial charge is 0.158 e. The predicted octanol–water partition coefficient (Wildman–Crippen LogP) is 0.872. The standard InChI is InChI=1S/C13H23N5O2/c1-2-20-8-13-16-11(6-12(17-13)18-14)15-10-5-3-4-9(10)7-19/h6,9-10,19H,2-5,7-8,14H2,1H3,(H2,15,16,17,18). The van der Waals surface area contributed by atoms with Crippen molar-refractivity contribution in [1.29, 1.82) is 0 Å². The SMILES string of the molecule is CCOCc1nc(NN)cc(NC2CCCC2CO)n1. The van der Waals surface area contributed by atoms with Gasteiger partial charge in [0.05, 0.1) is 0 Å². The number of nitrogens with one attached hydrogen (secondary N) is 2. The number of aliphatic hydroxyl groups excluding tert-OH is 1. The van der Waals surface area contributed by atoms with Crippen LogP contribution < -0.4 is 16.6 Å². The van der Waals surface area contributed by atoms with Crippen molar-refractivity contribution in [2.75, 3.05) is 24.0 Å². The molecule has 0 aromatic carbocycles. The zero-order chi connectivity index (χ0) is 14.4. The third-order valence-corrected chi connectivity index (χ3v) is 3.58. The monoisotopic (exact) mass is 281 g/mol. The Labute approximate surface area is 118 Å². The van der Waals surface area contributed by atoms with Crippen molar-refractivity contribution in [1.82, 2.24) is 9.97 Å². The fraction of sp³-hybridized carbons (Fsp3) is 0.692. The van der Waals surface area contributed by atoms with Gasteiger partial charge in [0.1, 0.15) is 18.2 Å². The average molecular weight is 281 g/mol. The Kier molecular flexibility index (Phi) is 5.51. The number of nitrogen functional groups attached to an aromatic ring is 1. The van der Waals surface area contributed by atoms with Gasteiger partial charge in [0.2, 0.25) is 0 Å². The van der Waals surface area contributed by atoms with E-state index in [1.54, 1.807) is 6.07 Å². The second kappa shape index (κ2) is 7.37. The Morgan fingerprint density at radius 3 is 2.90 bits per heavy atom. The Balaban J connectivity index is 2.09. The summed E-state index contributed by atoms with van der Waals surface area (Å²) in [7, 11) is 0. The van der Waals surface area contributed by atoms with Crippen LogP contribution in [0.5, 0.6) is 0 Å². The van der Waals surface area contributed by atoms with Gasteiger partial charge in [-0.25, -0.2) is 15.8 Å². The van der Waals surface area contributed by atoms with Crippen molar-refractivity contribution in [2.24, 2.45) is 11.8 Å². The van der Waals surface area contributed by atoms with Gasteiger partial charge in [-0.3, -0.25) is 0 Å². The first-order chi connectivity index (χ1) is 9.76. The first-order valence-electron chi connectivity index (χ1n) is 7.06. The number of hydrazine groups is 1. The number of ether oxygens (including phenoxy) is 1. The van der Waals surface area contributed by atoms with E-state index in [-0.39, 0.29) is 18.6 Å². The van der Waals surface area contributed by atoms with E-state index < -0.39 is 0 Å². The normalized spacial score (nSPS) is 21.9. The molecule has 1 fully saturated rings. The molecule has 0 amide bonds. The summed E-state index contributed by atoms with van der Waals surface area (Å²) in [5, 5.41) is 12.7. The molecule has 112 valence electrons. The molecule has 1 aromatic heterocycles. The van der Waals surface area contributed by atoms with Gasteiger partial charge in [-0.05, 0) is 19.8 Å². The second-order valence-corrected chi connectivity index (χ2v) is 4.96. The maximum atomic E-state index is 9.36. The van der Waals surface area contributed by atoms with Crippen LogP contribution in [0.15, 0.2) is 6.07 Å². The van der Waals surface area contributed by atoms with E-state index in [2.05, 4.69) is 20.7 Å². The number of aromatic nitrogens is 2. The highest BCUT2D eigenvalue weighted by atomic mass is 16.5. The molecule has 0 aliphatic heterocycles. The summed E-state index contributed by atoms with van der Waals surface area (Å²) in [4.78, 5) is 8.67. The van der Waals surface area contributed by atoms with Crippen molar-refractivity contribution >= 4 is 11.6 Å². The Morgan fingerprint density at radius 2 is 2.20 bits per heavy atom. The number of anilines is 2. The average Bonchev–Trinajstić information content (AvgIpc) is 2.92. The lowest BCUT2D eigenvalue weighted by Gasteiger charge is -2.20. The topological polar surface area (TPSA) is 105 Å². The second-order valence-electron chi connectivity index (χ2n) is 4.96. The quantitative estimate of drug-likeness (QED) is 0.434. The molecule has 1 saturated carbocycles. The van der Waals surface area contributed by atoms with Crippen molar-refractivity contribution in [3.8, 4) is 0 Å². The maximum absolute atomic E-state index is 9.36. The molecule has 5 N–H and O–H groups in total. The fourth-order valence-electron chi connectivity index (χ4n) is 2.54. The summed E-state index contributed by atoms with van der Waals surface area (Å²) in [5.74, 6) is 7.57. The van der Waals surface area contributed by atoms with Crippen LogP contribution in [-0.4, -0.2) is 34.3 Å². The van der Waals surface area contributed by atoms with E-state index in [1.807, 2.05) is 6.92 Å². The van der Waals surface area contributed by atoms with Gasteiger partial charge in [-0.2, -0.15) is 0 Å². The van der Waals surface area contributed by atoms with Crippen LogP contribution in [0.2, 0.25) is 0 Å². The van der Waals surface area contributed by atoms with Crippen LogP contribution in [-0.2, 0) is 11.3 Å². The van der Waals surface area contributed by atoms with E-state index in [4.69, 9.17) is 10.6 Å². The minimum absolute atomic E-state index is 0.205. The highest BCUT2D eigenvalue weighted by molar-refractivity contribution is 5.47. The van der Waals surface area contributed by atoms with Crippen LogP contribution in [0.4, 0.5) is 11.6 Å². The minimum atomic E-state index is 0.205. The van der Waals surface area contributed by atoms with Crippen LogP contribution in [0, 0.1) is 5.92 Å². The molecule has 7 heteroatoms. The highest BCUT2D eigenvalue weighted by Gasteiger charge is 2.26. The summed E-state index contributed by atoms with van der Waals surface area (Å²) in [6.07, 6.45) is 3.22. The van der Waals surface area contributed by atoms with Gasteiger partial charge >= 0.3 is 0 Å². The lowest BCUT2D eigenvalue weighted by Crippen LogP contribution is -2.27. The molecule has 1 aliphatic carbocycles. The molecular weight excluding hydrogens is 258 g/mol. The number of hydrogen-bond acceptors (Lipinski definition) is 7. The number of rotatable bonds is 7. The lowest BCUT2D eigenvalue weighted by atomic mass is 10.1. The van der Waals surface area contributed by atoms with Gasteiger partial charge in [0.15, 0.2) is 5.82 Å². The first kappa shape index (κ1) is 15.0. The van der Waals surface area contributed by atoms with Crippen molar-refractivity contribution < 1.29 is 9.84 Å². The van der Waals surface area contributed by atoms with Crippen LogP contribution in [0.3, 0.4) is 0 Å². The Morgan fingerprint density at radius 1 is 1.40 bits per heavy atom. The molecule has 1 aliphatic rings. The number of nitrogens with zero attached hydrogens (tertiary/aromatic N) is 2. The summed E-state index contributed by atoms with van der Waals surface area (Å²) < 4.78 is 5.32. The number of hydrogen-bond donors (Lipinski definition) is 4. The minimum Gasteiger partial charge on any atom is -0.396 e. The summed E-state index contributed by atoms with van der Waals surface area (Å²) in [5.41, 5.74) is 2.54. The molecule has 20 heavy (non-hydrogen) atoms. The summed E-state index contributed by atoms with van der Waals surface area (Å²) in [6, 6.07) is 2.02.